The average molecular weight is 420 g/mol. The molecule has 3 heterocycles. The maximum absolute atomic E-state index is 12.7. The quantitative estimate of drug-likeness (QED) is 0.414. The summed E-state index contributed by atoms with van der Waals surface area (Å²) in [5.74, 6) is -1.58. The molecule has 0 bridgehead atoms. The Hall–Kier alpha value is -4.21. The van der Waals surface area contributed by atoms with Crippen LogP contribution < -0.4 is 21.7 Å². The zero-order chi connectivity index (χ0) is 22.1. The number of nitrogens with two attached hydrogens (primary N) is 1. The van der Waals surface area contributed by atoms with Gasteiger partial charge in [-0.05, 0) is 35.9 Å². The summed E-state index contributed by atoms with van der Waals surface area (Å²) in [6.45, 7) is 2.27. The Morgan fingerprint density at radius 2 is 2.00 bits per heavy atom. The van der Waals surface area contributed by atoms with Gasteiger partial charge in [0.25, 0.3) is 17.7 Å². The van der Waals surface area contributed by atoms with Crippen LogP contribution in [0.25, 0.3) is 10.9 Å². The monoisotopic (exact) mass is 420 g/mol. The minimum atomic E-state index is -0.659. The van der Waals surface area contributed by atoms with Gasteiger partial charge in [-0.3, -0.25) is 19.2 Å². The molecule has 158 valence electrons. The third kappa shape index (κ3) is 3.95. The molecule has 31 heavy (non-hydrogen) atoms. The number of nitrogens with one attached hydrogen (secondary N) is 4. The smallest absolute Gasteiger partial charge is 0.270 e. The van der Waals surface area contributed by atoms with Gasteiger partial charge in [-0.25, -0.2) is 4.98 Å². The van der Waals surface area contributed by atoms with Gasteiger partial charge in [0.15, 0.2) is 0 Å². The van der Waals surface area contributed by atoms with Crippen molar-refractivity contribution in [3.63, 3.8) is 0 Å². The van der Waals surface area contributed by atoms with Crippen LogP contribution in [-0.4, -0.2) is 46.7 Å². The molecule has 1 aliphatic rings. The Labute approximate surface area is 176 Å². The molecule has 2 aromatic heterocycles. The molecular weight excluding hydrogens is 400 g/mol. The van der Waals surface area contributed by atoms with Crippen molar-refractivity contribution < 1.29 is 19.2 Å². The van der Waals surface area contributed by atoms with Crippen LogP contribution in [0.1, 0.15) is 49.7 Å². The normalized spacial score (nSPS) is 15.1. The van der Waals surface area contributed by atoms with Crippen molar-refractivity contribution >= 4 is 40.2 Å². The van der Waals surface area contributed by atoms with Crippen molar-refractivity contribution in [1.82, 2.24) is 20.6 Å². The fraction of sp³-hybridized carbons (Fsp3) is 0.190. The van der Waals surface area contributed by atoms with Crippen molar-refractivity contribution in [3.8, 4) is 0 Å². The summed E-state index contributed by atoms with van der Waals surface area (Å²) in [5.41, 5.74) is 8.13. The second kappa shape index (κ2) is 7.90. The van der Waals surface area contributed by atoms with E-state index in [1.54, 1.807) is 18.2 Å². The number of carbonyl (C=O) groups is 4. The standard InChI is InChI=1S/C21H20N6O4/c1-10-7-24-21(31)18-17(10)13-6-11(2-4-14(13)27-18)19(29)26-12-3-5-15(23-8-12)20(30)25-9-16(22)28/h2-6,8,10,27H,7,9H2,1H3,(H2,22,28)(H,24,31)(H,25,30)(H,26,29). The van der Waals surface area contributed by atoms with E-state index in [0.29, 0.717) is 23.5 Å². The molecule has 10 heteroatoms. The molecule has 0 spiro atoms. The summed E-state index contributed by atoms with van der Waals surface area (Å²) in [6, 6.07) is 8.16. The first-order chi connectivity index (χ1) is 14.8. The summed E-state index contributed by atoms with van der Waals surface area (Å²) in [7, 11) is 0. The van der Waals surface area contributed by atoms with E-state index in [4.69, 9.17) is 5.73 Å². The first kappa shape index (κ1) is 20.1. The number of fused-ring (bicyclic) bond motifs is 3. The van der Waals surface area contributed by atoms with Gasteiger partial charge in [0, 0.05) is 28.9 Å². The first-order valence-corrected chi connectivity index (χ1v) is 9.61. The molecule has 10 nitrogen and oxygen atoms in total. The van der Waals surface area contributed by atoms with E-state index in [2.05, 4.69) is 25.9 Å². The van der Waals surface area contributed by atoms with Crippen molar-refractivity contribution in [2.24, 2.45) is 5.73 Å². The van der Waals surface area contributed by atoms with E-state index in [9.17, 15) is 19.2 Å². The number of nitrogens with zero attached hydrogens (tertiary/aromatic N) is 1. The highest BCUT2D eigenvalue weighted by molar-refractivity contribution is 6.08. The number of benzene rings is 1. The Morgan fingerprint density at radius 3 is 2.71 bits per heavy atom. The van der Waals surface area contributed by atoms with Gasteiger partial charge in [0.1, 0.15) is 11.4 Å². The molecule has 4 amide bonds. The number of rotatable bonds is 5. The van der Waals surface area contributed by atoms with Crippen LogP contribution in [0.4, 0.5) is 5.69 Å². The Kier molecular flexibility index (Phi) is 5.12. The van der Waals surface area contributed by atoms with Gasteiger partial charge in [-0.1, -0.05) is 6.92 Å². The minimum Gasteiger partial charge on any atom is -0.368 e. The first-order valence-electron chi connectivity index (χ1n) is 9.61. The van der Waals surface area contributed by atoms with Crippen LogP contribution in [0.3, 0.4) is 0 Å². The van der Waals surface area contributed by atoms with Crippen molar-refractivity contribution in [3.05, 3.63) is 59.0 Å². The molecule has 0 saturated heterocycles. The molecule has 1 aliphatic heterocycles. The van der Waals surface area contributed by atoms with Gasteiger partial charge in [-0.15, -0.1) is 0 Å². The Bertz CT molecular complexity index is 1210. The second-order valence-corrected chi connectivity index (χ2v) is 7.32. The highest BCUT2D eigenvalue weighted by atomic mass is 16.2. The second-order valence-electron chi connectivity index (χ2n) is 7.32. The molecule has 1 unspecified atom stereocenters. The number of pyridine rings is 1. The number of carbonyl (C=O) groups excluding carboxylic acids is 4. The topological polar surface area (TPSA) is 159 Å². The third-order valence-corrected chi connectivity index (χ3v) is 5.07. The van der Waals surface area contributed by atoms with Crippen molar-refractivity contribution in [2.45, 2.75) is 12.8 Å². The Balaban J connectivity index is 1.52. The fourth-order valence-corrected chi connectivity index (χ4v) is 3.54. The predicted octanol–water partition coefficient (Wildman–Crippen LogP) is 0.877. The highest BCUT2D eigenvalue weighted by Gasteiger charge is 2.27. The van der Waals surface area contributed by atoms with Gasteiger partial charge in [0.2, 0.25) is 5.91 Å². The average Bonchev–Trinajstić information content (AvgIpc) is 3.15. The number of H-pyrrole nitrogens is 1. The number of aromatic amines is 1. The number of amides is 4. The lowest BCUT2D eigenvalue weighted by Crippen LogP contribution is -2.33. The molecule has 6 N–H and O–H groups in total. The van der Waals surface area contributed by atoms with E-state index in [-0.39, 0.29) is 30.0 Å². The lowest BCUT2D eigenvalue weighted by molar-refractivity contribution is -0.117. The lowest BCUT2D eigenvalue weighted by atomic mass is 9.93. The summed E-state index contributed by atoms with van der Waals surface area (Å²) in [5, 5.41) is 8.75. The van der Waals surface area contributed by atoms with Crippen LogP contribution in [0, 0.1) is 0 Å². The molecular formula is C21H20N6O4. The number of hydrogen-bond acceptors (Lipinski definition) is 5. The summed E-state index contributed by atoms with van der Waals surface area (Å²) in [6.07, 6.45) is 1.35. The molecule has 0 aliphatic carbocycles. The molecule has 0 fully saturated rings. The number of primary amides is 1. The van der Waals surface area contributed by atoms with E-state index in [1.165, 1.54) is 18.3 Å². The molecule has 1 aromatic carbocycles. The van der Waals surface area contributed by atoms with Crippen LogP contribution in [0.15, 0.2) is 36.5 Å². The molecule has 0 saturated carbocycles. The predicted molar refractivity (Wildman–Crippen MR) is 113 cm³/mol. The summed E-state index contributed by atoms with van der Waals surface area (Å²) >= 11 is 0. The van der Waals surface area contributed by atoms with Gasteiger partial charge in [-0.2, -0.15) is 0 Å². The summed E-state index contributed by atoms with van der Waals surface area (Å²) in [4.78, 5) is 54.6. The lowest BCUT2D eigenvalue weighted by Gasteiger charge is -2.19. The minimum absolute atomic E-state index is 0.0897. The molecule has 0 radical (unpaired) electrons. The summed E-state index contributed by atoms with van der Waals surface area (Å²) < 4.78 is 0. The van der Waals surface area contributed by atoms with Crippen molar-refractivity contribution in [2.75, 3.05) is 18.4 Å². The van der Waals surface area contributed by atoms with E-state index < -0.39 is 11.8 Å². The maximum Gasteiger partial charge on any atom is 0.270 e. The van der Waals surface area contributed by atoms with E-state index in [0.717, 1.165) is 16.5 Å². The SMILES string of the molecule is CC1CNC(=O)c2[nH]c3ccc(C(=O)Nc4ccc(C(=O)NCC(N)=O)nc4)cc3c21. The van der Waals surface area contributed by atoms with Gasteiger partial charge >= 0.3 is 0 Å². The molecule has 1 atom stereocenters. The van der Waals surface area contributed by atoms with Crippen LogP contribution in [-0.2, 0) is 4.79 Å². The zero-order valence-corrected chi connectivity index (χ0v) is 16.6. The van der Waals surface area contributed by atoms with Gasteiger partial charge < -0.3 is 26.7 Å². The van der Waals surface area contributed by atoms with E-state index in [1.807, 2.05) is 6.92 Å². The molecule has 3 aromatic rings. The van der Waals surface area contributed by atoms with Crippen molar-refractivity contribution in [1.29, 1.82) is 0 Å². The van der Waals surface area contributed by atoms with Gasteiger partial charge in [0.05, 0.1) is 18.4 Å². The number of aromatic nitrogens is 2. The zero-order valence-electron chi connectivity index (χ0n) is 16.6. The fourth-order valence-electron chi connectivity index (χ4n) is 3.54. The number of anilines is 1. The highest BCUT2D eigenvalue weighted by Crippen LogP contribution is 2.32. The third-order valence-electron chi connectivity index (χ3n) is 5.07. The van der Waals surface area contributed by atoms with Crippen LogP contribution in [0.2, 0.25) is 0 Å². The van der Waals surface area contributed by atoms with E-state index >= 15 is 0 Å². The Morgan fingerprint density at radius 1 is 1.19 bits per heavy atom. The maximum atomic E-state index is 12.7. The van der Waals surface area contributed by atoms with Crippen LogP contribution >= 0.6 is 0 Å². The number of hydrogen-bond donors (Lipinski definition) is 5. The molecule has 4 rings (SSSR count). The largest absolute Gasteiger partial charge is 0.368 e. The van der Waals surface area contributed by atoms with Crippen LogP contribution in [0.5, 0.6) is 0 Å².